The number of rotatable bonds is 8. The molecule has 22 heavy (non-hydrogen) atoms. The Labute approximate surface area is 168 Å². The van der Waals surface area contributed by atoms with Gasteiger partial charge in [0.1, 0.15) is 0 Å². The second kappa shape index (κ2) is 18.4. The summed E-state index contributed by atoms with van der Waals surface area (Å²) in [7, 11) is 1.79. The average molecular weight is 438 g/mol. The molecule has 0 bridgehead atoms. The zero-order valence-electron chi connectivity index (χ0n) is 16.1. The molecule has 0 aromatic rings. The molecule has 0 heterocycles. The van der Waals surface area contributed by atoms with Gasteiger partial charge in [-0.1, -0.05) is 53.4 Å². The van der Waals surface area contributed by atoms with Gasteiger partial charge in [0.25, 0.3) is 0 Å². The van der Waals surface area contributed by atoms with Gasteiger partial charge >= 0.3 is 35.6 Å². The standard InChI is InChI=1S/C9H18O.C8H18N2.CH3.La/c1-10-8-4-7-9-5-2-3-6-9;1-6(2)9-8(5)10-7(3)4;;/h9H,2-8H2,1H3;6-8H,1-5H3;1H3;/q;-2;-1;+3. The molecule has 4 heteroatoms. The van der Waals surface area contributed by atoms with E-state index in [0.717, 1.165) is 12.5 Å². The van der Waals surface area contributed by atoms with Crippen LogP contribution >= 0.6 is 0 Å². The molecule has 1 aliphatic carbocycles. The van der Waals surface area contributed by atoms with Crippen molar-refractivity contribution in [2.75, 3.05) is 13.7 Å². The summed E-state index contributed by atoms with van der Waals surface area (Å²) in [4.78, 5) is 0. The van der Waals surface area contributed by atoms with Gasteiger partial charge in [-0.15, -0.1) is 19.0 Å². The summed E-state index contributed by atoms with van der Waals surface area (Å²) in [6.07, 6.45) is 8.72. The largest absolute Gasteiger partial charge is 3.00 e. The van der Waals surface area contributed by atoms with Crippen molar-refractivity contribution in [3.8, 4) is 0 Å². The predicted molar refractivity (Wildman–Crippen MR) is 95.9 cm³/mol. The Balaban J connectivity index is -0.000000301. The molecule has 0 radical (unpaired) electrons. The number of ether oxygens (including phenoxy) is 1. The minimum absolute atomic E-state index is 0. The van der Waals surface area contributed by atoms with Crippen LogP contribution in [0.15, 0.2) is 0 Å². The summed E-state index contributed by atoms with van der Waals surface area (Å²) in [5.74, 6) is 1.04. The molecule has 1 aliphatic rings. The number of hydrogen-bond donors (Lipinski definition) is 0. The van der Waals surface area contributed by atoms with Crippen LogP contribution in [-0.2, 0) is 4.74 Å². The van der Waals surface area contributed by atoms with Crippen molar-refractivity contribution in [2.24, 2.45) is 5.92 Å². The molecule has 0 aromatic carbocycles. The summed E-state index contributed by atoms with van der Waals surface area (Å²) in [5.41, 5.74) is 0. The fraction of sp³-hybridized carbons (Fsp3) is 0.944. The van der Waals surface area contributed by atoms with Gasteiger partial charge in [-0.05, 0) is 18.8 Å². The maximum Gasteiger partial charge on any atom is 3.00 e. The first-order valence-electron chi connectivity index (χ1n) is 8.34. The Bertz CT molecular complexity index is 197. The normalized spacial score (nSPS) is 14.6. The fourth-order valence-electron chi connectivity index (χ4n) is 2.72. The smallest absolute Gasteiger partial charge is 0.676 e. The fourth-order valence-corrected chi connectivity index (χ4v) is 2.72. The van der Waals surface area contributed by atoms with Gasteiger partial charge in [0.05, 0.1) is 0 Å². The van der Waals surface area contributed by atoms with Gasteiger partial charge < -0.3 is 22.8 Å². The second-order valence-electron chi connectivity index (χ2n) is 6.40. The molecule has 1 rings (SSSR count). The molecule has 0 saturated heterocycles. The SMILES string of the molecule is CC(C)[N-]C(C)[N-]C(C)C.COCCCC1CCCC1.[CH3-].[La+3]. The van der Waals surface area contributed by atoms with Crippen LogP contribution in [0.2, 0.25) is 0 Å². The minimum atomic E-state index is 0. The van der Waals surface area contributed by atoms with E-state index in [1.807, 2.05) is 6.92 Å². The van der Waals surface area contributed by atoms with Crippen LogP contribution in [0.5, 0.6) is 0 Å². The summed E-state index contributed by atoms with van der Waals surface area (Å²) in [6.45, 7) is 11.3. The average Bonchev–Trinajstić information content (AvgIpc) is 2.81. The quantitative estimate of drug-likeness (QED) is 0.341. The molecule has 0 unspecified atom stereocenters. The maximum atomic E-state index is 5.00. The molecule has 0 amide bonds. The third-order valence-electron chi connectivity index (χ3n) is 3.46. The molecule has 1 saturated carbocycles. The van der Waals surface area contributed by atoms with E-state index in [4.69, 9.17) is 4.74 Å². The summed E-state index contributed by atoms with van der Waals surface area (Å²) in [5, 5.41) is 8.70. The van der Waals surface area contributed by atoms with E-state index in [1.54, 1.807) is 7.11 Å². The molecule has 3 nitrogen and oxygen atoms in total. The van der Waals surface area contributed by atoms with Crippen LogP contribution in [0.4, 0.5) is 0 Å². The third kappa shape index (κ3) is 19.1. The molecular weight excluding hydrogens is 399 g/mol. The molecule has 0 spiro atoms. The third-order valence-corrected chi connectivity index (χ3v) is 3.46. The van der Waals surface area contributed by atoms with Crippen LogP contribution in [0.3, 0.4) is 0 Å². The minimum Gasteiger partial charge on any atom is -0.676 e. The van der Waals surface area contributed by atoms with Gasteiger partial charge in [-0.2, -0.15) is 0 Å². The number of nitrogens with zero attached hydrogens (tertiary/aromatic N) is 2. The van der Waals surface area contributed by atoms with Gasteiger partial charge in [0.2, 0.25) is 0 Å². The van der Waals surface area contributed by atoms with E-state index in [0.29, 0.717) is 12.1 Å². The van der Waals surface area contributed by atoms with E-state index in [2.05, 4.69) is 38.3 Å². The van der Waals surface area contributed by atoms with Gasteiger partial charge in [0, 0.05) is 13.7 Å². The van der Waals surface area contributed by atoms with Crippen LogP contribution in [0.1, 0.15) is 73.1 Å². The maximum absolute atomic E-state index is 5.00. The predicted octanol–water partition coefficient (Wildman–Crippen LogP) is 5.95. The summed E-state index contributed by atoms with van der Waals surface area (Å²) < 4.78 is 5.00. The Morgan fingerprint density at radius 2 is 1.41 bits per heavy atom. The summed E-state index contributed by atoms with van der Waals surface area (Å²) >= 11 is 0. The molecular formula is C18H39LaN2O. The second-order valence-corrected chi connectivity index (χ2v) is 6.40. The van der Waals surface area contributed by atoms with Gasteiger partial charge in [-0.3, -0.25) is 0 Å². The zero-order chi connectivity index (χ0) is 15.4. The van der Waals surface area contributed by atoms with Crippen LogP contribution < -0.4 is 0 Å². The van der Waals surface area contributed by atoms with Crippen molar-refractivity contribution < 1.29 is 40.3 Å². The molecule has 0 N–H and O–H groups in total. The van der Waals surface area contributed by atoms with Gasteiger partial charge in [0.15, 0.2) is 0 Å². The van der Waals surface area contributed by atoms with Crippen LogP contribution in [0.25, 0.3) is 10.6 Å². The van der Waals surface area contributed by atoms with Gasteiger partial charge in [-0.25, -0.2) is 6.17 Å². The van der Waals surface area contributed by atoms with E-state index < -0.39 is 0 Å². The first kappa shape index (κ1) is 27.9. The number of hydrogen-bond acceptors (Lipinski definition) is 1. The van der Waals surface area contributed by atoms with Crippen molar-refractivity contribution in [1.82, 2.24) is 0 Å². The van der Waals surface area contributed by atoms with E-state index in [9.17, 15) is 0 Å². The van der Waals surface area contributed by atoms with Crippen LogP contribution in [0, 0.1) is 48.9 Å². The number of methoxy groups -OCH3 is 1. The topological polar surface area (TPSA) is 37.4 Å². The van der Waals surface area contributed by atoms with Crippen molar-refractivity contribution in [2.45, 2.75) is 91.4 Å². The zero-order valence-corrected chi connectivity index (χ0v) is 19.8. The van der Waals surface area contributed by atoms with E-state index in [-0.39, 0.29) is 49.2 Å². The first-order chi connectivity index (χ1) is 9.45. The van der Waals surface area contributed by atoms with E-state index >= 15 is 0 Å². The van der Waals surface area contributed by atoms with Crippen LogP contribution in [-0.4, -0.2) is 32.0 Å². The van der Waals surface area contributed by atoms with Crippen molar-refractivity contribution in [1.29, 1.82) is 0 Å². The molecule has 0 aliphatic heterocycles. The van der Waals surface area contributed by atoms with Crippen molar-refractivity contribution >= 4 is 0 Å². The van der Waals surface area contributed by atoms with Crippen molar-refractivity contribution in [3.63, 3.8) is 0 Å². The Kier molecular flexibility index (Phi) is 23.4. The van der Waals surface area contributed by atoms with E-state index in [1.165, 1.54) is 38.5 Å². The Hall–Kier alpha value is 1.07. The Morgan fingerprint density at radius 1 is 0.955 bits per heavy atom. The summed E-state index contributed by atoms with van der Waals surface area (Å²) in [6, 6.07) is 0.801. The first-order valence-corrected chi connectivity index (χ1v) is 8.34. The molecule has 0 atom stereocenters. The molecule has 0 aromatic heterocycles. The van der Waals surface area contributed by atoms with Crippen molar-refractivity contribution in [3.05, 3.63) is 18.1 Å². The molecule has 1 fully saturated rings. The molecule has 130 valence electrons. The Morgan fingerprint density at radius 3 is 1.77 bits per heavy atom. The monoisotopic (exact) mass is 438 g/mol.